The Morgan fingerprint density at radius 2 is 0.979 bits per heavy atom. The second-order valence-corrected chi connectivity index (χ2v) is 21.9. The van der Waals surface area contributed by atoms with Crippen LogP contribution in [0.1, 0.15) is 39.0 Å². The van der Waals surface area contributed by atoms with Gasteiger partial charge in [0.15, 0.2) is 0 Å². The minimum atomic E-state index is -2.43. The SMILES string of the molecule is CCCCC/C=C/C/C(=C\[Si](CP(c1ccccc1)c1ccccc1)(CP(c1ccccc1)c1ccccc1)c1ccccc1)COC. The van der Waals surface area contributed by atoms with Gasteiger partial charge in [0.25, 0.3) is 0 Å². The summed E-state index contributed by atoms with van der Waals surface area (Å²) in [4.78, 5) is 0. The number of hydrogen-bond donors (Lipinski definition) is 0. The van der Waals surface area contributed by atoms with Gasteiger partial charge in [-0.1, -0.05) is 194 Å². The van der Waals surface area contributed by atoms with Crippen molar-refractivity contribution in [3.63, 3.8) is 0 Å². The van der Waals surface area contributed by atoms with Crippen LogP contribution in [0.5, 0.6) is 0 Å². The molecule has 0 heterocycles. The van der Waals surface area contributed by atoms with E-state index >= 15 is 0 Å². The molecule has 0 aliphatic rings. The zero-order chi connectivity index (χ0) is 33.3. The molecule has 0 fully saturated rings. The van der Waals surface area contributed by atoms with Gasteiger partial charge in [0.2, 0.25) is 0 Å². The molecule has 5 aromatic rings. The maximum atomic E-state index is 5.96. The first-order chi connectivity index (χ1) is 23.7. The molecule has 0 aromatic heterocycles. The van der Waals surface area contributed by atoms with Crippen molar-refractivity contribution in [3.05, 3.63) is 175 Å². The zero-order valence-electron chi connectivity index (χ0n) is 28.6. The fourth-order valence-corrected chi connectivity index (χ4v) is 22.1. The highest BCUT2D eigenvalue weighted by Crippen LogP contribution is 2.43. The molecule has 1 nitrogen and oxygen atoms in total. The Morgan fingerprint density at radius 1 is 0.562 bits per heavy atom. The van der Waals surface area contributed by atoms with E-state index in [2.05, 4.69) is 176 Å². The van der Waals surface area contributed by atoms with Crippen LogP contribution in [-0.2, 0) is 4.74 Å². The molecule has 0 saturated heterocycles. The Labute approximate surface area is 293 Å². The van der Waals surface area contributed by atoms with E-state index in [0.717, 1.165) is 24.4 Å². The molecule has 5 rings (SSSR count). The number of hydrogen-bond acceptors (Lipinski definition) is 1. The van der Waals surface area contributed by atoms with E-state index in [9.17, 15) is 0 Å². The van der Waals surface area contributed by atoms with Gasteiger partial charge >= 0.3 is 0 Å². The molecule has 0 amide bonds. The molecule has 48 heavy (non-hydrogen) atoms. The van der Waals surface area contributed by atoms with Gasteiger partial charge < -0.3 is 4.74 Å². The first-order valence-electron chi connectivity index (χ1n) is 17.4. The van der Waals surface area contributed by atoms with Gasteiger partial charge in [0, 0.05) is 7.11 Å². The molecule has 0 aliphatic heterocycles. The number of unbranched alkanes of at least 4 members (excludes halogenated alkanes) is 3. The van der Waals surface area contributed by atoms with Crippen molar-refractivity contribution >= 4 is 50.3 Å². The van der Waals surface area contributed by atoms with Crippen molar-refractivity contribution < 1.29 is 4.74 Å². The first-order valence-corrected chi connectivity index (χ1v) is 22.9. The van der Waals surface area contributed by atoms with Crippen molar-refractivity contribution in [1.82, 2.24) is 0 Å². The van der Waals surface area contributed by atoms with E-state index in [1.807, 2.05) is 7.11 Å². The second-order valence-electron chi connectivity index (χ2n) is 12.4. The molecule has 0 atom stereocenters. The van der Waals surface area contributed by atoms with E-state index in [-0.39, 0.29) is 0 Å². The van der Waals surface area contributed by atoms with Gasteiger partial charge in [-0.25, -0.2) is 0 Å². The summed E-state index contributed by atoms with van der Waals surface area (Å²) < 4.78 is 5.96. The predicted molar refractivity (Wildman–Crippen MR) is 218 cm³/mol. The van der Waals surface area contributed by atoms with Crippen LogP contribution in [0, 0.1) is 0 Å². The molecule has 0 aliphatic carbocycles. The van der Waals surface area contributed by atoms with Crippen molar-refractivity contribution in [2.75, 3.05) is 25.3 Å². The molecular formula is C44H50OP2Si. The number of allylic oxidation sites excluding steroid dienone is 2. The van der Waals surface area contributed by atoms with Crippen molar-refractivity contribution in [2.24, 2.45) is 0 Å². The minimum absolute atomic E-state index is 0.625. The van der Waals surface area contributed by atoms with Gasteiger partial charge in [0.1, 0.15) is 8.07 Å². The normalized spacial score (nSPS) is 12.3. The lowest BCUT2D eigenvalue weighted by Gasteiger charge is -2.38. The quantitative estimate of drug-likeness (QED) is 0.0387. The fraction of sp³-hybridized carbons (Fsp3) is 0.227. The van der Waals surface area contributed by atoms with Gasteiger partial charge in [-0.05, 0) is 73.5 Å². The summed E-state index contributed by atoms with van der Waals surface area (Å²) in [6, 6.07) is 56.8. The molecular weight excluding hydrogens is 635 g/mol. The number of methoxy groups -OCH3 is 1. The lowest BCUT2D eigenvalue weighted by molar-refractivity contribution is 0.224. The Morgan fingerprint density at radius 3 is 1.38 bits per heavy atom. The van der Waals surface area contributed by atoms with Gasteiger partial charge in [0.05, 0.1) is 6.61 Å². The molecule has 0 N–H and O–H groups in total. The largest absolute Gasteiger partial charge is 0.380 e. The lowest BCUT2D eigenvalue weighted by Crippen LogP contribution is -2.55. The summed E-state index contributed by atoms with van der Waals surface area (Å²) in [6.45, 7) is 2.93. The van der Waals surface area contributed by atoms with E-state index in [1.165, 1.54) is 51.2 Å². The lowest BCUT2D eigenvalue weighted by atomic mass is 10.1. The molecule has 4 heteroatoms. The maximum Gasteiger partial charge on any atom is 0.119 e. The Bertz CT molecular complexity index is 1490. The first kappa shape index (κ1) is 35.9. The van der Waals surface area contributed by atoms with Crippen LogP contribution >= 0.6 is 15.8 Å². The van der Waals surface area contributed by atoms with E-state index in [1.54, 1.807) is 0 Å². The summed E-state index contributed by atoms with van der Waals surface area (Å²) in [7, 11) is -1.83. The van der Waals surface area contributed by atoms with Crippen molar-refractivity contribution in [3.8, 4) is 0 Å². The molecule has 246 valence electrons. The van der Waals surface area contributed by atoms with Crippen LogP contribution in [-0.4, -0.2) is 33.4 Å². The van der Waals surface area contributed by atoms with Crippen LogP contribution in [0.2, 0.25) is 0 Å². The molecule has 5 aromatic carbocycles. The minimum Gasteiger partial charge on any atom is -0.380 e. The summed E-state index contributed by atoms with van der Waals surface area (Å²) in [5.74, 6) is 2.29. The van der Waals surface area contributed by atoms with E-state index in [0.29, 0.717) is 6.61 Å². The standard InChI is InChI=1S/C44H50OP2Si/c1-3-4-5-6-7-13-24-39(35-45-2)36-48(44-33-22-12-23-34-44,37-46(40-25-14-8-15-26-40)41-27-16-9-17-28-41)38-47(42-29-18-10-19-30-42)43-31-20-11-21-32-43/h7-23,25-34,36H,3-6,24,35,37-38H2,1-2H3/b13-7+,39-36+. The average Bonchev–Trinajstić information content (AvgIpc) is 3.16. The second kappa shape index (κ2) is 19.6. The van der Waals surface area contributed by atoms with Crippen molar-refractivity contribution in [2.45, 2.75) is 39.0 Å². The topological polar surface area (TPSA) is 9.23 Å². The summed E-state index contributed by atoms with van der Waals surface area (Å²) >= 11 is 0. The van der Waals surface area contributed by atoms with Crippen LogP contribution in [0.25, 0.3) is 0 Å². The third-order valence-electron chi connectivity index (χ3n) is 8.83. The van der Waals surface area contributed by atoms with E-state index in [4.69, 9.17) is 4.74 Å². The van der Waals surface area contributed by atoms with Gasteiger partial charge in [-0.2, -0.15) is 0 Å². The highest BCUT2D eigenvalue weighted by Gasteiger charge is 2.40. The van der Waals surface area contributed by atoms with Crippen molar-refractivity contribution in [1.29, 1.82) is 0 Å². The summed E-state index contributed by atoms with van der Waals surface area (Å²) in [6.07, 6.45) is 10.7. The monoisotopic (exact) mass is 684 g/mol. The van der Waals surface area contributed by atoms with Gasteiger partial charge in [-0.15, -0.1) is 0 Å². The molecule has 0 radical (unpaired) electrons. The Kier molecular flexibility index (Phi) is 14.6. The summed E-state index contributed by atoms with van der Waals surface area (Å²) in [5, 5.41) is 7.32. The fourth-order valence-electron chi connectivity index (χ4n) is 6.44. The smallest absolute Gasteiger partial charge is 0.119 e. The Balaban J connectivity index is 1.71. The molecule has 0 bridgehead atoms. The third-order valence-corrected chi connectivity index (χ3v) is 22.0. The maximum absolute atomic E-state index is 5.96. The highest BCUT2D eigenvalue weighted by molar-refractivity contribution is 7.78. The number of benzene rings is 5. The van der Waals surface area contributed by atoms with Gasteiger partial charge in [-0.3, -0.25) is 0 Å². The average molecular weight is 685 g/mol. The zero-order valence-corrected chi connectivity index (χ0v) is 31.4. The highest BCUT2D eigenvalue weighted by atomic mass is 31.1. The predicted octanol–water partition coefficient (Wildman–Crippen LogP) is 9.33. The van der Waals surface area contributed by atoms with Crippen LogP contribution in [0.3, 0.4) is 0 Å². The Hall–Kier alpha value is -3.38. The van der Waals surface area contributed by atoms with Crippen LogP contribution < -0.4 is 26.4 Å². The van der Waals surface area contributed by atoms with Crippen LogP contribution in [0.4, 0.5) is 0 Å². The molecule has 0 unspecified atom stereocenters. The number of ether oxygens (including phenoxy) is 1. The van der Waals surface area contributed by atoms with E-state index < -0.39 is 23.9 Å². The number of rotatable bonds is 18. The summed E-state index contributed by atoms with van der Waals surface area (Å²) in [5.41, 5.74) is 4.19. The third kappa shape index (κ3) is 10.3. The van der Waals surface area contributed by atoms with Crippen LogP contribution in [0.15, 0.2) is 175 Å². The molecule has 0 spiro atoms. The molecule has 0 saturated carbocycles.